The first kappa shape index (κ1) is 41.4. The predicted molar refractivity (Wildman–Crippen MR) is 166 cm³/mol. The summed E-state index contributed by atoms with van der Waals surface area (Å²) in [5.41, 5.74) is 16.8. The summed E-state index contributed by atoms with van der Waals surface area (Å²) >= 11 is 1.22. The van der Waals surface area contributed by atoms with E-state index in [1.54, 1.807) is 0 Å². The number of ether oxygens (including phenoxy) is 4. The molecule has 18 heteroatoms. The van der Waals surface area contributed by atoms with Gasteiger partial charge in [0.2, 0.25) is 5.91 Å². The lowest BCUT2D eigenvalue weighted by atomic mass is 9.86. The van der Waals surface area contributed by atoms with Crippen molar-refractivity contribution in [2.24, 2.45) is 17.2 Å². The third kappa shape index (κ3) is 13.6. The third-order valence-corrected chi connectivity index (χ3v) is 8.54. The Balaban J connectivity index is 0.000000299. The van der Waals surface area contributed by atoms with Crippen LogP contribution in [0, 0.1) is 0 Å². The van der Waals surface area contributed by atoms with Gasteiger partial charge in [-0.25, -0.2) is 0 Å². The molecule has 3 saturated heterocycles. The van der Waals surface area contributed by atoms with E-state index in [4.69, 9.17) is 60.8 Å². The fourth-order valence-electron chi connectivity index (χ4n) is 5.56. The number of nitrogens with two attached hydrogens (primary N) is 3. The van der Waals surface area contributed by atoms with E-state index in [-0.39, 0.29) is 75.6 Å². The first-order chi connectivity index (χ1) is 22.0. The van der Waals surface area contributed by atoms with Gasteiger partial charge in [-0.05, 0) is 57.1 Å². The zero-order valence-electron chi connectivity index (χ0n) is 26.4. The smallest absolute Gasteiger partial charge is 0.249 e. The van der Waals surface area contributed by atoms with Crippen molar-refractivity contribution < 1.29 is 63.7 Å². The monoisotopic (exact) mass is 688 g/mol. The molecule has 0 aromatic rings. The Labute approximate surface area is 274 Å². The van der Waals surface area contributed by atoms with Crippen molar-refractivity contribution in [2.75, 3.05) is 39.2 Å². The molecule has 9 unspecified atom stereocenters. The average Bonchev–Trinajstić information content (AvgIpc) is 3.49. The second-order valence-corrected chi connectivity index (χ2v) is 12.3. The number of hydrogen-bond acceptors (Lipinski definition) is 17. The lowest BCUT2D eigenvalue weighted by molar-refractivity contribution is -0.228. The van der Waals surface area contributed by atoms with Gasteiger partial charge in [-0.1, -0.05) is 0 Å². The molecule has 1 aliphatic carbocycles. The molecule has 4 aliphatic rings. The lowest BCUT2D eigenvalue weighted by Crippen LogP contribution is -2.57. The fourth-order valence-corrected chi connectivity index (χ4v) is 6.05. The van der Waals surface area contributed by atoms with Gasteiger partial charge in [0, 0.05) is 44.3 Å². The molecule has 14 N–H and O–H groups in total. The highest BCUT2D eigenvalue weighted by Gasteiger charge is 2.41. The Kier molecular flexibility index (Phi) is 19.8. The van der Waals surface area contributed by atoms with Gasteiger partial charge in [0.25, 0.3) is 0 Å². The second kappa shape index (κ2) is 22.0. The van der Waals surface area contributed by atoms with Crippen molar-refractivity contribution in [2.45, 2.75) is 131 Å². The molecule has 46 heavy (non-hydrogen) atoms. The highest BCUT2D eigenvalue weighted by molar-refractivity contribution is 7.93. The SMILES string of the molecule is CSO[C@@H]1C(N)CC(NC(=O)C(O)CCN)CC1OC1CCC(CO)O1.NC[C@@H]1O[C@H](O)CC(O)[C@@H]1O.OCC1OCCCC1O. The number of hydrogen-bond donors (Lipinski definition) is 11. The normalized spacial score (nSPS) is 38.5. The van der Waals surface area contributed by atoms with Crippen molar-refractivity contribution in [1.29, 1.82) is 0 Å². The lowest BCUT2D eigenvalue weighted by Gasteiger charge is -2.40. The van der Waals surface area contributed by atoms with Crippen LogP contribution in [0.3, 0.4) is 0 Å². The van der Waals surface area contributed by atoms with Crippen molar-refractivity contribution in [1.82, 2.24) is 5.32 Å². The Hall–Kier alpha value is -0.780. The molecule has 0 radical (unpaired) electrons. The molecule has 4 rings (SSSR count). The molecule has 1 saturated carbocycles. The van der Waals surface area contributed by atoms with Gasteiger partial charge in [0.1, 0.15) is 30.5 Å². The number of nitrogens with one attached hydrogen (secondary N) is 1. The quantitative estimate of drug-likeness (QED) is 0.0926. The number of aliphatic hydroxyl groups excluding tert-OH is 7. The molecule has 17 nitrogen and oxygen atoms in total. The van der Waals surface area contributed by atoms with E-state index < -0.39 is 49.0 Å². The van der Waals surface area contributed by atoms with Crippen LogP contribution in [0.1, 0.15) is 51.4 Å². The summed E-state index contributed by atoms with van der Waals surface area (Å²) in [6.45, 7) is 0.893. The largest absolute Gasteiger partial charge is 0.394 e. The van der Waals surface area contributed by atoms with Crippen LogP contribution in [0.2, 0.25) is 0 Å². The zero-order valence-corrected chi connectivity index (χ0v) is 27.2. The molecule has 272 valence electrons. The molecule has 0 spiro atoms. The van der Waals surface area contributed by atoms with Crippen LogP contribution in [0.5, 0.6) is 0 Å². The van der Waals surface area contributed by atoms with E-state index in [9.17, 15) is 20.1 Å². The molecule has 0 aromatic carbocycles. The van der Waals surface area contributed by atoms with Gasteiger partial charge < -0.3 is 81.4 Å². The average molecular weight is 689 g/mol. The maximum atomic E-state index is 12.1. The van der Waals surface area contributed by atoms with Crippen LogP contribution >= 0.6 is 12.0 Å². The number of rotatable bonds is 11. The Morgan fingerprint density at radius 3 is 2.30 bits per heavy atom. The minimum atomic E-state index is -1.13. The fraction of sp³-hybridized carbons (Fsp3) is 0.964. The Morgan fingerprint density at radius 2 is 1.74 bits per heavy atom. The summed E-state index contributed by atoms with van der Waals surface area (Å²) in [7, 11) is 0. The van der Waals surface area contributed by atoms with Crippen molar-refractivity contribution >= 4 is 17.9 Å². The van der Waals surface area contributed by atoms with Gasteiger partial charge >= 0.3 is 0 Å². The molecular weight excluding hydrogens is 632 g/mol. The Bertz CT molecular complexity index is 842. The molecule has 1 amide bonds. The maximum absolute atomic E-state index is 12.1. The van der Waals surface area contributed by atoms with E-state index >= 15 is 0 Å². The summed E-state index contributed by atoms with van der Waals surface area (Å²) in [5.74, 6) is -0.451. The Morgan fingerprint density at radius 1 is 1.00 bits per heavy atom. The summed E-state index contributed by atoms with van der Waals surface area (Å²) < 4.78 is 27.3. The summed E-state index contributed by atoms with van der Waals surface area (Å²) in [6, 6.07) is -0.556. The van der Waals surface area contributed by atoms with Gasteiger partial charge in [-0.2, -0.15) is 0 Å². The van der Waals surface area contributed by atoms with E-state index in [0.717, 1.165) is 19.3 Å². The highest BCUT2D eigenvalue weighted by Crippen LogP contribution is 2.30. The number of carbonyl (C=O) groups excluding carboxylic acids is 1. The van der Waals surface area contributed by atoms with E-state index in [1.807, 2.05) is 6.26 Å². The molecule has 13 atom stereocenters. The van der Waals surface area contributed by atoms with Crippen LogP contribution in [-0.4, -0.2) is 160 Å². The van der Waals surface area contributed by atoms with Crippen LogP contribution in [-0.2, 0) is 27.9 Å². The van der Waals surface area contributed by atoms with Gasteiger partial charge in [0.15, 0.2) is 12.6 Å². The predicted octanol–water partition coefficient (Wildman–Crippen LogP) is -3.86. The van der Waals surface area contributed by atoms with Gasteiger partial charge in [0.05, 0.1) is 37.6 Å². The molecule has 3 heterocycles. The standard InChI is InChI=1S/C16H31N3O6S.C6H13NO4.C6H12O3/c1-26-25-15-11(18)6-9(19-16(22)12(21)4-5-17)7-13(15)24-14-3-2-10(8-20)23-14;7-2-4-6(10)3(8)1-5(9)11-4;7-4-6-5(8)2-1-3-9-6/h9-15,20-21H,2-8,17-18H2,1H3,(H,19,22);3-6,8-10H,1-2,7H2;5-8H,1-4H2/t9?,10?,11?,12?,13?,14?,15-;3?,4-,5-,6-;/m10./s1. The number of aliphatic hydroxyl groups is 7. The second-order valence-electron chi connectivity index (χ2n) is 11.7. The van der Waals surface area contributed by atoms with Crippen LogP contribution in [0.15, 0.2) is 0 Å². The highest BCUT2D eigenvalue weighted by atomic mass is 32.2. The molecule has 0 aromatic heterocycles. The number of carbonyl (C=O) groups is 1. The maximum Gasteiger partial charge on any atom is 0.249 e. The van der Waals surface area contributed by atoms with E-state index in [2.05, 4.69) is 5.32 Å². The van der Waals surface area contributed by atoms with Crippen LogP contribution < -0.4 is 22.5 Å². The topological polar surface area (TPSA) is 295 Å². The minimum Gasteiger partial charge on any atom is -0.394 e. The first-order valence-corrected chi connectivity index (χ1v) is 17.0. The van der Waals surface area contributed by atoms with Gasteiger partial charge in [-0.3, -0.25) is 4.79 Å². The number of amides is 1. The molecule has 4 fully saturated rings. The van der Waals surface area contributed by atoms with Crippen LogP contribution in [0.25, 0.3) is 0 Å². The van der Waals surface area contributed by atoms with E-state index in [1.165, 1.54) is 12.0 Å². The van der Waals surface area contributed by atoms with Crippen molar-refractivity contribution in [3.05, 3.63) is 0 Å². The van der Waals surface area contributed by atoms with Crippen molar-refractivity contribution in [3.8, 4) is 0 Å². The molecular formula is C28H56N4O13S. The molecule has 0 bridgehead atoms. The van der Waals surface area contributed by atoms with Crippen LogP contribution in [0.4, 0.5) is 0 Å². The summed E-state index contributed by atoms with van der Waals surface area (Å²) in [4.78, 5) is 12.1. The third-order valence-electron chi connectivity index (χ3n) is 8.12. The zero-order chi connectivity index (χ0) is 34.2. The van der Waals surface area contributed by atoms with Crippen molar-refractivity contribution in [3.63, 3.8) is 0 Å². The van der Waals surface area contributed by atoms with E-state index in [0.29, 0.717) is 25.9 Å². The minimum absolute atomic E-state index is 0.0352. The molecule has 3 aliphatic heterocycles. The first-order valence-electron chi connectivity index (χ1n) is 15.8. The summed E-state index contributed by atoms with van der Waals surface area (Å²) in [6.07, 6.45) is -0.651. The van der Waals surface area contributed by atoms with Gasteiger partial charge in [-0.15, -0.1) is 0 Å². The summed E-state index contributed by atoms with van der Waals surface area (Å²) in [5, 5.41) is 66.7.